The van der Waals surface area contributed by atoms with Gasteiger partial charge in [-0.1, -0.05) is 12.1 Å². The monoisotopic (exact) mass is 492 g/mol. The average Bonchev–Trinajstić information content (AvgIpc) is 3.46. The van der Waals surface area contributed by atoms with E-state index in [1.165, 1.54) is 15.3 Å². The standard InChI is InChI=1S/C25H22F2N6O3/c1-4-7-33-23(21(28)22(30-33)25(34)35)17-11-32(19-6-5-15(26)9-18(19)27)24-16(17)8-14(10-29-24)20-12(2)31-36-13(20)3/h5-6,8-11H,4,7,28H2,1-3H3,(H,34,35). The number of nitrogen functional groups attached to an aromatic ring is 1. The molecule has 0 fully saturated rings. The first kappa shape index (κ1) is 23.2. The van der Waals surface area contributed by atoms with Gasteiger partial charge in [0.05, 0.1) is 22.8 Å². The summed E-state index contributed by atoms with van der Waals surface area (Å²) in [5.74, 6) is -2.15. The molecule has 0 atom stereocenters. The molecule has 0 spiro atoms. The summed E-state index contributed by atoms with van der Waals surface area (Å²) in [6, 6.07) is 5.09. The zero-order valence-corrected chi connectivity index (χ0v) is 19.7. The van der Waals surface area contributed by atoms with Gasteiger partial charge in [0.25, 0.3) is 0 Å². The molecule has 0 radical (unpaired) electrons. The van der Waals surface area contributed by atoms with Gasteiger partial charge in [-0.05, 0) is 38.5 Å². The fraction of sp³-hybridized carbons (Fsp3) is 0.200. The lowest BCUT2D eigenvalue weighted by Gasteiger charge is -2.07. The van der Waals surface area contributed by atoms with E-state index in [0.717, 1.165) is 17.7 Å². The Morgan fingerprint density at radius 2 is 2.00 bits per heavy atom. The van der Waals surface area contributed by atoms with E-state index < -0.39 is 17.6 Å². The van der Waals surface area contributed by atoms with Crippen LogP contribution in [0.3, 0.4) is 0 Å². The van der Waals surface area contributed by atoms with Crippen LogP contribution in [-0.2, 0) is 6.54 Å². The fourth-order valence-corrected chi connectivity index (χ4v) is 4.48. The highest BCUT2D eigenvalue weighted by atomic mass is 19.1. The molecule has 11 heteroatoms. The SMILES string of the molecule is CCCn1nc(C(=O)O)c(N)c1-c1cn(-c2ccc(F)cc2F)c2ncc(-c3c(C)noc3C)cc12. The molecule has 9 nitrogen and oxygen atoms in total. The number of pyridine rings is 1. The summed E-state index contributed by atoms with van der Waals surface area (Å²) in [4.78, 5) is 16.4. The van der Waals surface area contributed by atoms with Gasteiger partial charge in [-0.3, -0.25) is 9.25 Å². The van der Waals surface area contributed by atoms with E-state index in [0.29, 0.717) is 52.3 Å². The second-order valence-electron chi connectivity index (χ2n) is 8.44. The van der Waals surface area contributed by atoms with Crippen LogP contribution in [0, 0.1) is 25.5 Å². The first-order valence-corrected chi connectivity index (χ1v) is 11.2. The van der Waals surface area contributed by atoms with E-state index in [1.54, 1.807) is 19.3 Å². The van der Waals surface area contributed by atoms with Gasteiger partial charge in [-0.15, -0.1) is 0 Å². The van der Waals surface area contributed by atoms with E-state index in [-0.39, 0.29) is 17.1 Å². The molecule has 0 saturated carbocycles. The number of hydrogen-bond acceptors (Lipinski definition) is 6. The van der Waals surface area contributed by atoms with Crippen LogP contribution < -0.4 is 5.73 Å². The van der Waals surface area contributed by atoms with Crippen LogP contribution in [0.4, 0.5) is 14.5 Å². The lowest BCUT2D eigenvalue weighted by Crippen LogP contribution is -2.04. The average molecular weight is 492 g/mol. The summed E-state index contributed by atoms with van der Waals surface area (Å²) < 4.78 is 36.8. The van der Waals surface area contributed by atoms with E-state index >= 15 is 0 Å². The lowest BCUT2D eigenvalue weighted by atomic mass is 10.0. The number of aryl methyl sites for hydroxylation is 3. The highest BCUT2D eigenvalue weighted by Gasteiger charge is 2.26. The van der Waals surface area contributed by atoms with Crippen molar-refractivity contribution in [1.29, 1.82) is 0 Å². The first-order valence-electron chi connectivity index (χ1n) is 11.2. The number of carboxylic acid groups (broad SMARTS) is 1. The molecule has 0 saturated heterocycles. The number of benzene rings is 1. The van der Waals surface area contributed by atoms with Gasteiger partial charge >= 0.3 is 5.97 Å². The number of anilines is 1. The minimum atomic E-state index is -1.26. The molecule has 3 N–H and O–H groups in total. The Hall–Kier alpha value is -4.54. The van der Waals surface area contributed by atoms with Crippen molar-refractivity contribution in [2.24, 2.45) is 0 Å². The fourth-order valence-electron chi connectivity index (χ4n) is 4.48. The minimum absolute atomic E-state index is 0.0164. The Bertz CT molecular complexity index is 1630. The van der Waals surface area contributed by atoms with Crippen molar-refractivity contribution in [3.8, 4) is 28.1 Å². The Labute approximate surface area is 203 Å². The number of halogens is 2. The lowest BCUT2D eigenvalue weighted by molar-refractivity contribution is 0.0690. The first-order chi connectivity index (χ1) is 17.2. The number of hydrogen-bond donors (Lipinski definition) is 2. The molecule has 4 aromatic heterocycles. The number of carbonyl (C=O) groups is 1. The van der Waals surface area contributed by atoms with Crippen molar-refractivity contribution >= 4 is 22.7 Å². The molecule has 184 valence electrons. The van der Waals surface area contributed by atoms with E-state index in [1.807, 2.05) is 19.9 Å². The second-order valence-corrected chi connectivity index (χ2v) is 8.44. The molecule has 4 heterocycles. The Morgan fingerprint density at radius 3 is 2.64 bits per heavy atom. The van der Waals surface area contributed by atoms with E-state index in [4.69, 9.17) is 10.3 Å². The molecular formula is C25H22F2N6O3. The number of aromatic carboxylic acids is 1. The van der Waals surface area contributed by atoms with Crippen LogP contribution >= 0.6 is 0 Å². The van der Waals surface area contributed by atoms with Crippen molar-refractivity contribution in [2.75, 3.05) is 5.73 Å². The topological polar surface area (TPSA) is 125 Å². The second kappa shape index (κ2) is 8.59. The van der Waals surface area contributed by atoms with E-state index in [9.17, 15) is 18.7 Å². The van der Waals surface area contributed by atoms with Gasteiger partial charge < -0.3 is 15.4 Å². The summed E-state index contributed by atoms with van der Waals surface area (Å²) in [6.45, 7) is 5.92. The quantitative estimate of drug-likeness (QED) is 0.337. The number of fused-ring (bicyclic) bond motifs is 1. The maximum atomic E-state index is 14.8. The molecule has 1 aromatic carbocycles. The van der Waals surface area contributed by atoms with Crippen molar-refractivity contribution in [1.82, 2.24) is 24.5 Å². The molecule has 36 heavy (non-hydrogen) atoms. The maximum Gasteiger partial charge on any atom is 0.358 e. The summed E-state index contributed by atoms with van der Waals surface area (Å²) in [7, 11) is 0. The van der Waals surface area contributed by atoms with Crippen molar-refractivity contribution in [3.05, 3.63) is 65.4 Å². The number of nitrogens with two attached hydrogens (primary N) is 1. The Balaban J connectivity index is 1.86. The van der Waals surface area contributed by atoms with Gasteiger partial charge in [0, 0.05) is 47.1 Å². The highest BCUT2D eigenvalue weighted by molar-refractivity contribution is 6.03. The summed E-state index contributed by atoms with van der Waals surface area (Å²) in [5, 5.41) is 18.4. The molecule has 0 aliphatic rings. The zero-order valence-electron chi connectivity index (χ0n) is 19.7. The molecule has 0 bridgehead atoms. The molecule has 0 amide bonds. The van der Waals surface area contributed by atoms with Gasteiger partial charge in [0.2, 0.25) is 0 Å². The predicted molar refractivity (Wildman–Crippen MR) is 129 cm³/mol. The molecule has 0 unspecified atom stereocenters. The van der Waals surface area contributed by atoms with Crippen LogP contribution in [0.15, 0.2) is 41.2 Å². The molecular weight excluding hydrogens is 470 g/mol. The Kier molecular flexibility index (Phi) is 5.54. The number of rotatable bonds is 6. The molecule has 5 rings (SSSR count). The number of aromatic nitrogens is 5. The normalized spacial score (nSPS) is 11.5. The van der Waals surface area contributed by atoms with Crippen LogP contribution in [0.2, 0.25) is 0 Å². The summed E-state index contributed by atoms with van der Waals surface area (Å²) >= 11 is 0. The van der Waals surface area contributed by atoms with Crippen molar-refractivity contribution < 1.29 is 23.2 Å². The van der Waals surface area contributed by atoms with Gasteiger partial charge in [-0.25, -0.2) is 18.6 Å². The highest BCUT2D eigenvalue weighted by Crippen LogP contribution is 2.39. The minimum Gasteiger partial charge on any atom is -0.476 e. The Morgan fingerprint density at radius 1 is 1.22 bits per heavy atom. The predicted octanol–water partition coefficient (Wildman–Crippen LogP) is 5.13. The smallest absolute Gasteiger partial charge is 0.358 e. The van der Waals surface area contributed by atoms with Crippen LogP contribution in [0.25, 0.3) is 39.1 Å². The van der Waals surface area contributed by atoms with Gasteiger partial charge in [-0.2, -0.15) is 5.10 Å². The molecule has 5 aromatic rings. The third-order valence-electron chi connectivity index (χ3n) is 6.02. The van der Waals surface area contributed by atoms with Crippen LogP contribution in [0.5, 0.6) is 0 Å². The third-order valence-corrected chi connectivity index (χ3v) is 6.02. The van der Waals surface area contributed by atoms with Gasteiger partial charge in [0.15, 0.2) is 5.69 Å². The number of nitrogens with zero attached hydrogens (tertiary/aromatic N) is 5. The largest absolute Gasteiger partial charge is 0.476 e. The summed E-state index contributed by atoms with van der Waals surface area (Å²) in [5.41, 5.74) is 9.45. The maximum absolute atomic E-state index is 14.8. The van der Waals surface area contributed by atoms with Crippen LogP contribution in [0.1, 0.15) is 35.3 Å². The number of carboxylic acids is 1. The third kappa shape index (κ3) is 3.60. The molecule has 0 aliphatic carbocycles. The van der Waals surface area contributed by atoms with Crippen LogP contribution in [-0.4, -0.2) is 35.6 Å². The van der Waals surface area contributed by atoms with E-state index in [2.05, 4.69) is 15.2 Å². The molecule has 0 aliphatic heterocycles. The zero-order chi connectivity index (χ0) is 25.7. The van der Waals surface area contributed by atoms with Gasteiger partial charge in [0.1, 0.15) is 23.0 Å². The summed E-state index contributed by atoms with van der Waals surface area (Å²) in [6.07, 6.45) is 3.89. The van der Waals surface area contributed by atoms with Crippen molar-refractivity contribution in [2.45, 2.75) is 33.7 Å². The van der Waals surface area contributed by atoms with Crippen molar-refractivity contribution in [3.63, 3.8) is 0 Å².